The molecule has 0 saturated heterocycles. The lowest BCUT2D eigenvalue weighted by Crippen LogP contribution is -2.13. The Balaban J connectivity index is 2.33. The summed E-state index contributed by atoms with van der Waals surface area (Å²) >= 11 is 0. The van der Waals surface area contributed by atoms with Gasteiger partial charge in [-0.2, -0.15) is 0 Å². The maximum atomic E-state index is 9.42. The maximum absolute atomic E-state index is 9.42. The Morgan fingerprint density at radius 3 is 2.87 bits per heavy atom. The number of rotatable bonds is 3. The Kier molecular flexibility index (Phi) is 3.10. The van der Waals surface area contributed by atoms with E-state index in [1.54, 1.807) is 0 Å². The number of aromatic nitrogens is 2. The summed E-state index contributed by atoms with van der Waals surface area (Å²) in [6.07, 6.45) is 4.52. The number of hydrogen-bond donors (Lipinski definition) is 1. The van der Waals surface area contributed by atoms with Crippen molar-refractivity contribution in [2.45, 2.75) is 52.7 Å². The van der Waals surface area contributed by atoms with Crippen LogP contribution in [0.25, 0.3) is 0 Å². The molecule has 0 radical (unpaired) electrons. The van der Waals surface area contributed by atoms with Gasteiger partial charge in [0.15, 0.2) is 0 Å². The van der Waals surface area contributed by atoms with Gasteiger partial charge in [0.2, 0.25) is 0 Å². The van der Waals surface area contributed by atoms with Crippen LogP contribution in [-0.4, -0.2) is 14.7 Å². The largest absolute Gasteiger partial charge is 0.390 e. The molecule has 1 aromatic rings. The number of imidazole rings is 1. The number of aliphatic hydroxyl groups is 1. The van der Waals surface area contributed by atoms with Crippen molar-refractivity contribution in [2.24, 2.45) is 5.92 Å². The predicted octanol–water partition coefficient (Wildman–Crippen LogP) is 1.91. The minimum absolute atomic E-state index is 0.134. The lowest BCUT2D eigenvalue weighted by molar-refractivity contribution is 0.266. The molecule has 3 nitrogen and oxygen atoms in total. The van der Waals surface area contributed by atoms with E-state index < -0.39 is 0 Å². The molecule has 15 heavy (non-hydrogen) atoms. The van der Waals surface area contributed by atoms with Gasteiger partial charge < -0.3 is 9.67 Å². The number of fused-ring (bicyclic) bond motifs is 1. The van der Waals surface area contributed by atoms with Crippen LogP contribution in [0.5, 0.6) is 0 Å². The zero-order valence-electron chi connectivity index (χ0n) is 9.66. The summed E-state index contributed by atoms with van der Waals surface area (Å²) in [6, 6.07) is 0. The van der Waals surface area contributed by atoms with Crippen molar-refractivity contribution in [1.82, 2.24) is 9.55 Å². The van der Waals surface area contributed by atoms with E-state index in [0.29, 0.717) is 5.92 Å². The Morgan fingerprint density at radius 1 is 1.40 bits per heavy atom. The standard InChI is InChI=1S/C12H20N2O/c1-9(2)7-10-11(8-15)14-6-4-3-5-12(14)13-10/h9,15H,3-8H2,1-2H3. The molecular formula is C12H20N2O. The highest BCUT2D eigenvalue weighted by molar-refractivity contribution is 5.18. The molecule has 0 bridgehead atoms. The third-order valence-electron chi connectivity index (χ3n) is 3.02. The topological polar surface area (TPSA) is 38.0 Å². The molecule has 84 valence electrons. The average Bonchev–Trinajstić information content (AvgIpc) is 2.53. The van der Waals surface area contributed by atoms with Crippen molar-refractivity contribution in [2.75, 3.05) is 0 Å². The van der Waals surface area contributed by atoms with Gasteiger partial charge in [-0.05, 0) is 25.2 Å². The molecule has 0 spiro atoms. The molecule has 3 heteroatoms. The highest BCUT2D eigenvalue weighted by atomic mass is 16.3. The zero-order chi connectivity index (χ0) is 10.8. The molecule has 0 amide bonds. The van der Waals surface area contributed by atoms with E-state index in [2.05, 4.69) is 23.4 Å². The van der Waals surface area contributed by atoms with Crippen LogP contribution in [0.3, 0.4) is 0 Å². The summed E-state index contributed by atoms with van der Waals surface area (Å²) < 4.78 is 2.22. The minimum Gasteiger partial charge on any atom is -0.390 e. The molecule has 0 aliphatic carbocycles. The maximum Gasteiger partial charge on any atom is 0.109 e. The van der Waals surface area contributed by atoms with Gasteiger partial charge in [-0.15, -0.1) is 0 Å². The first-order valence-electron chi connectivity index (χ1n) is 5.90. The molecule has 0 atom stereocenters. The monoisotopic (exact) mass is 208 g/mol. The Morgan fingerprint density at radius 2 is 2.20 bits per heavy atom. The molecule has 0 aromatic carbocycles. The summed E-state index contributed by atoms with van der Waals surface area (Å²) in [5.41, 5.74) is 2.17. The highest BCUT2D eigenvalue weighted by Gasteiger charge is 2.19. The fraction of sp³-hybridized carbons (Fsp3) is 0.750. The Bertz CT molecular complexity index is 342. The van der Waals surface area contributed by atoms with Crippen LogP contribution >= 0.6 is 0 Å². The molecule has 0 unspecified atom stereocenters. The van der Waals surface area contributed by atoms with E-state index >= 15 is 0 Å². The number of aryl methyl sites for hydroxylation is 1. The van der Waals surface area contributed by atoms with Crippen LogP contribution in [0, 0.1) is 5.92 Å². The molecule has 2 heterocycles. The van der Waals surface area contributed by atoms with Gasteiger partial charge >= 0.3 is 0 Å². The van der Waals surface area contributed by atoms with Crippen LogP contribution in [0.2, 0.25) is 0 Å². The van der Waals surface area contributed by atoms with Gasteiger partial charge in [0.05, 0.1) is 18.0 Å². The first kappa shape index (κ1) is 10.7. The molecule has 1 aromatic heterocycles. The number of hydrogen-bond acceptors (Lipinski definition) is 2. The molecule has 0 fully saturated rings. The van der Waals surface area contributed by atoms with Gasteiger partial charge in [-0.25, -0.2) is 4.98 Å². The fourth-order valence-electron chi connectivity index (χ4n) is 2.33. The summed E-state index contributed by atoms with van der Waals surface area (Å²) in [7, 11) is 0. The molecular weight excluding hydrogens is 188 g/mol. The second-order valence-electron chi connectivity index (χ2n) is 4.79. The van der Waals surface area contributed by atoms with Crippen LogP contribution in [0.4, 0.5) is 0 Å². The smallest absolute Gasteiger partial charge is 0.109 e. The average molecular weight is 208 g/mol. The third-order valence-corrected chi connectivity index (χ3v) is 3.02. The molecule has 1 N–H and O–H groups in total. The van der Waals surface area contributed by atoms with Crippen LogP contribution in [0.1, 0.15) is 43.9 Å². The summed E-state index contributed by atoms with van der Waals surface area (Å²) in [4.78, 5) is 4.66. The van der Waals surface area contributed by atoms with Gasteiger partial charge in [-0.3, -0.25) is 0 Å². The van der Waals surface area contributed by atoms with Crippen LogP contribution < -0.4 is 0 Å². The third kappa shape index (κ3) is 2.07. The number of aliphatic hydroxyl groups excluding tert-OH is 1. The summed E-state index contributed by atoms with van der Waals surface area (Å²) in [5, 5.41) is 9.42. The van der Waals surface area contributed by atoms with E-state index in [0.717, 1.165) is 30.8 Å². The molecule has 1 aliphatic heterocycles. The minimum atomic E-state index is 0.134. The van der Waals surface area contributed by atoms with Crippen molar-refractivity contribution in [3.63, 3.8) is 0 Å². The van der Waals surface area contributed by atoms with E-state index in [1.807, 2.05) is 0 Å². The van der Waals surface area contributed by atoms with Crippen molar-refractivity contribution in [3.8, 4) is 0 Å². The van der Waals surface area contributed by atoms with Gasteiger partial charge in [-0.1, -0.05) is 13.8 Å². The second kappa shape index (κ2) is 4.35. The molecule has 1 aliphatic rings. The van der Waals surface area contributed by atoms with Crippen molar-refractivity contribution < 1.29 is 5.11 Å². The summed E-state index contributed by atoms with van der Waals surface area (Å²) in [5.74, 6) is 1.79. The first-order chi connectivity index (χ1) is 7.22. The predicted molar refractivity (Wildman–Crippen MR) is 59.6 cm³/mol. The molecule has 2 rings (SSSR count). The van der Waals surface area contributed by atoms with Gasteiger partial charge in [0.25, 0.3) is 0 Å². The van der Waals surface area contributed by atoms with Crippen LogP contribution in [-0.2, 0) is 26.0 Å². The second-order valence-corrected chi connectivity index (χ2v) is 4.79. The SMILES string of the molecule is CC(C)Cc1nc2n(c1CO)CCCC2. The normalized spacial score (nSPS) is 15.7. The number of nitrogens with zero attached hydrogens (tertiary/aromatic N) is 2. The van der Waals surface area contributed by atoms with Gasteiger partial charge in [0, 0.05) is 13.0 Å². The first-order valence-corrected chi connectivity index (χ1v) is 5.90. The highest BCUT2D eigenvalue weighted by Crippen LogP contribution is 2.21. The van der Waals surface area contributed by atoms with Crippen molar-refractivity contribution in [1.29, 1.82) is 0 Å². The Hall–Kier alpha value is -0.830. The Labute approximate surface area is 91.1 Å². The van der Waals surface area contributed by atoms with E-state index in [4.69, 9.17) is 0 Å². The van der Waals surface area contributed by atoms with E-state index in [-0.39, 0.29) is 6.61 Å². The van der Waals surface area contributed by atoms with Crippen molar-refractivity contribution in [3.05, 3.63) is 17.2 Å². The summed E-state index contributed by atoms with van der Waals surface area (Å²) in [6.45, 7) is 5.56. The lowest BCUT2D eigenvalue weighted by Gasteiger charge is -2.15. The molecule has 0 saturated carbocycles. The fourth-order valence-corrected chi connectivity index (χ4v) is 2.33. The van der Waals surface area contributed by atoms with E-state index in [1.165, 1.54) is 18.7 Å². The lowest BCUT2D eigenvalue weighted by atomic mass is 10.1. The quantitative estimate of drug-likeness (QED) is 0.824. The van der Waals surface area contributed by atoms with E-state index in [9.17, 15) is 5.11 Å². The zero-order valence-corrected chi connectivity index (χ0v) is 9.66. The van der Waals surface area contributed by atoms with Crippen LogP contribution in [0.15, 0.2) is 0 Å². The van der Waals surface area contributed by atoms with Crippen molar-refractivity contribution >= 4 is 0 Å². The van der Waals surface area contributed by atoms with Gasteiger partial charge in [0.1, 0.15) is 5.82 Å².